The predicted molar refractivity (Wildman–Crippen MR) is 94.4 cm³/mol. The molecule has 0 aliphatic heterocycles. The number of aliphatic hydroxyl groups excluding tert-OH is 1. The van der Waals surface area contributed by atoms with E-state index in [0.717, 1.165) is 25.7 Å². The van der Waals surface area contributed by atoms with Crippen molar-refractivity contribution < 1.29 is 14.6 Å². The molecular formula is C19H37NO3. The lowest BCUT2D eigenvalue weighted by Crippen LogP contribution is -2.45. The van der Waals surface area contributed by atoms with E-state index in [-0.39, 0.29) is 18.2 Å². The maximum absolute atomic E-state index is 12.1. The Kier molecular flexibility index (Phi) is 8.38. The van der Waals surface area contributed by atoms with E-state index in [9.17, 15) is 9.90 Å². The fourth-order valence-electron chi connectivity index (χ4n) is 3.30. The van der Waals surface area contributed by atoms with E-state index >= 15 is 0 Å². The molecule has 1 fully saturated rings. The second kappa shape index (κ2) is 9.51. The molecule has 0 aromatic rings. The van der Waals surface area contributed by atoms with Gasteiger partial charge in [0.05, 0.1) is 6.10 Å². The van der Waals surface area contributed by atoms with Gasteiger partial charge in [0.1, 0.15) is 5.60 Å². The Morgan fingerprint density at radius 2 is 1.78 bits per heavy atom. The summed E-state index contributed by atoms with van der Waals surface area (Å²) in [5.41, 5.74) is -0.489. The third kappa shape index (κ3) is 9.19. The van der Waals surface area contributed by atoms with Gasteiger partial charge in [-0.2, -0.15) is 0 Å². The highest BCUT2D eigenvalue weighted by molar-refractivity contribution is 5.68. The summed E-state index contributed by atoms with van der Waals surface area (Å²) >= 11 is 0. The molecule has 2 atom stereocenters. The molecule has 1 amide bonds. The van der Waals surface area contributed by atoms with Gasteiger partial charge < -0.3 is 15.2 Å². The van der Waals surface area contributed by atoms with E-state index in [4.69, 9.17) is 4.74 Å². The molecule has 0 spiro atoms. The molecule has 2 N–H and O–H groups in total. The molecule has 0 aromatic carbocycles. The lowest BCUT2D eigenvalue weighted by Gasteiger charge is -2.33. The van der Waals surface area contributed by atoms with Gasteiger partial charge >= 0.3 is 6.09 Å². The molecule has 4 nitrogen and oxygen atoms in total. The molecule has 0 bridgehead atoms. The highest BCUT2D eigenvalue weighted by atomic mass is 16.6. The molecule has 23 heavy (non-hydrogen) atoms. The number of amides is 1. The summed E-state index contributed by atoms with van der Waals surface area (Å²) in [6, 6.07) is 0.0207. The van der Waals surface area contributed by atoms with E-state index in [2.05, 4.69) is 19.2 Å². The van der Waals surface area contributed by atoms with Crippen LogP contribution in [0.4, 0.5) is 4.79 Å². The van der Waals surface area contributed by atoms with Crippen LogP contribution in [0.15, 0.2) is 0 Å². The van der Waals surface area contributed by atoms with Gasteiger partial charge in [0.2, 0.25) is 0 Å². The second-order valence-electron chi connectivity index (χ2n) is 8.51. The summed E-state index contributed by atoms with van der Waals surface area (Å²) < 4.78 is 5.41. The van der Waals surface area contributed by atoms with E-state index < -0.39 is 5.60 Å². The zero-order valence-corrected chi connectivity index (χ0v) is 15.7. The maximum Gasteiger partial charge on any atom is 0.407 e. The van der Waals surface area contributed by atoms with Crippen molar-refractivity contribution in [1.29, 1.82) is 0 Å². The zero-order valence-electron chi connectivity index (χ0n) is 15.7. The Morgan fingerprint density at radius 1 is 1.17 bits per heavy atom. The van der Waals surface area contributed by atoms with Gasteiger partial charge in [0.15, 0.2) is 0 Å². The average Bonchev–Trinajstić information content (AvgIpc) is 2.43. The lowest BCUT2D eigenvalue weighted by molar-refractivity contribution is 0.0434. The van der Waals surface area contributed by atoms with Crippen molar-refractivity contribution in [3.8, 4) is 0 Å². The maximum atomic E-state index is 12.1. The number of carbonyl (C=O) groups excluding carboxylic acids is 1. The van der Waals surface area contributed by atoms with Gasteiger partial charge in [-0.3, -0.25) is 0 Å². The van der Waals surface area contributed by atoms with Gasteiger partial charge in [0.25, 0.3) is 0 Å². The zero-order chi connectivity index (χ0) is 17.5. The predicted octanol–water partition coefficient (Wildman–Crippen LogP) is 4.65. The molecule has 1 unspecified atom stereocenters. The summed E-state index contributed by atoms with van der Waals surface area (Å²) in [4.78, 5) is 12.1. The first-order valence-corrected chi connectivity index (χ1v) is 9.35. The largest absolute Gasteiger partial charge is 0.444 e. The average molecular weight is 328 g/mol. The highest BCUT2D eigenvalue weighted by Crippen LogP contribution is 2.29. The van der Waals surface area contributed by atoms with Gasteiger partial charge in [0, 0.05) is 6.04 Å². The van der Waals surface area contributed by atoms with Crippen molar-refractivity contribution in [3.05, 3.63) is 0 Å². The number of hydrogen-bond acceptors (Lipinski definition) is 3. The molecule has 0 aromatic heterocycles. The van der Waals surface area contributed by atoms with E-state index in [1.54, 1.807) is 0 Å². The van der Waals surface area contributed by atoms with Crippen molar-refractivity contribution >= 4 is 6.09 Å². The van der Waals surface area contributed by atoms with Gasteiger partial charge in [-0.1, -0.05) is 33.1 Å². The third-order valence-corrected chi connectivity index (χ3v) is 4.52. The van der Waals surface area contributed by atoms with Gasteiger partial charge in [-0.15, -0.1) is 0 Å². The smallest absolute Gasteiger partial charge is 0.407 e. The first-order valence-electron chi connectivity index (χ1n) is 9.35. The molecule has 1 rings (SSSR count). The van der Waals surface area contributed by atoms with Crippen molar-refractivity contribution in [3.63, 3.8) is 0 Å². The summed E-state index contributed by atoms with van der Waals surface area (Å²) in [7, 11) is 0. The second-order valence-corrected chi connectivity index (χ2v) is 8.51. The van der Waals surface area contributed by atoms with Crippen LogP contribution in [-0.4, -0.2) is 28.9 Å². The number of nitrogens with one attached hydrogen (secondary N) is 1. The third-order valence-electron chi connectivity index (χ3n) is 4.52. The summed E-state index contributed by atoms with van der Waals surface area (Å²) in [5.74, 6) is 1.06. The minimum absolute atomic E-state index is 0.0207. The number of hydrogen-bond donors (Lipinski definition) is 2. The normalized spacial score (nSPS) is 19.4. The molecule has 1 aliphatic carbocycles. The molecule has 136 valence electrons. The fraction of sp³-hybridized carbons (Fsp3) is 0.947. The molecular weight excluding hydrogens is 290 g/mol. The van der Waals surface area contributed by atoms with Crippen LogP contribution in [0.2, 0.25) is 0 Å². The number of ether oxygens (including phenoxy) is 1. The molecule has 4 heteroatoms. The highest BCUT2D eigenvalue weighted by Gasteiger charge is 2.28. The molecule has 0 radical (unpaired) electrons. The minimum Gasteiger partial charge on any atom is -0.444 e. The van der Waals surface area contributed by atoms with Gasteiger partial charge in [-0.05, 0) is 64.7 Å². The van der Waals surface area contributed by atoms with Crippen LogP contribution in [0.5, 0.6) is 0 Å². The number of rotatable bonds is 7. The Bertz CT molecular complexity index is 343. The fourth-order valence-corrected chi connectivity index (χ4v) is 3.30. The lowest BCUT2D eigenvalue weighted by atomic mass is 9.81. The standard InChI is InChI=1S/C19H37NO3/c1-14(2)11-12-16(21)13-17(15-9-7-6-8-10-15)20-18(22)23-19(3,4)5/h14-17,21H,6-13H2,1-5H3,(H,20,22)/t16?,17-/m0/s1. The van der Waals surface area contributed by atoms with Crippen LogP contribution >= 0.6 is 0 Å². The van der Waals surface area contributed by atoms with Crippen molar-refractivity contribution in [2.75, 3.05) is 0 Å². The Morgan fingerprint density at radius 3 is 2.30 bits per heavy atom. The topological polar surface area (TPSA) is 58.6 Å². The number of aliphatic hydroxyl groups is 1. The van der Waals surface area contributed by atoms with Crippen LogP contribution in [0.3, 0.4) is 0 Å². The van der Waals surface area contributed by atoms with Crippen LogP contribution in [0.1, 0.15) is 86.0 Å². The molecule has 1 saturated carbocycles. The first kappa shape index (κ1) is 20.3. The molecule has 0 heterocycles. The summed E-state index contributed by atoms with van der Waals surface area (Å²) in [6.45, 7) is 9.97. The van der Waals surface area contributed by atoms with E-state index in [1.807, 2.05) is 20.8 Å². The number of carbonyl (C=O) groups is 1. The van der Waals surface area contributed by atoms with Crippen molar-refractivity contribution in [2.45, 2.75) is 104 Å². The van der Waals surface area contributed by atoms with E-state index in [0.29, 0.717) is 18.3 Å². The minimum atomic E-state index is -0.489. The van der Waals surface area contributed by atoms with E-state index in [1.165, 1.54) is 19.3 Å². The van der Waals surface area contributed by atoms with Crippen LogP contribution in [0.25, 0.3) is 0 Å². The van der Waals surface area contributed by atoms with Crippen molar-refractivity contribution in [2.24, 2.45) is 11.8 Å². The van der Waals surface area contributed by atoms with Crippen molar-refractivity contribution in [1.82, 2.24) is 5.32 Å². The quantitative estimate of drug-likeness (QED) is 0.715. The Labute approximate surface area is 142 Å². The van der Waals surface area contributed by atoms with Crippen LogP contribution in [-0.2, 0) is 4.74 Å². The van der Waals surface area contributed by atoms with Gasteiger partial charge in [-0.25, -0.2) is 4.79 Å². The summed E-state index contributed by atoms with van der Waals surface area (Å²) in [5, 5.41) is 13.4. The molecule has 1 aliphatic rings. The summed E-state index contributed by atoms with van der Waals surface area (Å²) in [6.07, 6.45) is 7.75. The SMILES string of the molecule is CC(C)CCC(O)C[C@H](NC(=O)OC(C)(C)C)C1CCCCC1. The number of alkyl carbamates (subject to hydrolysis) is 1. The molecule has 0 saturated heterocycles. The Hall–Kier alpha value is -0.770. The Balaban J connectivity index is 2.59. The first-order chi connectivity index (χ1) is 10.7. The monoisotopic (exact) mass is 327 g/mol. The van der Waals surface area contributed by atoms with Crippen LogP contribution < -0.4 is 5.32 Å². The van der Waals surface area contributed by atoms with Crippen LogP contribution in [0, 0.1) is 11.8 Å².